The molecule has 0 bridgehead atoms. The van der Waals surface area contributed by atoms with Crippen LogP contribution in [0, 0.1) is 5.92 Å². The van der Waals surface area contributed by atoms with E-state index in [0.29, 0.717) is 12.5 Å². The van der Waals surface area contributed by atoms with Crippen molar-refractivity contribution in [3.8, 4) is 0 Å². The van der Waals surface area contributed by atoms with E-state index in [-0.39, 0.29) is 49.7 Å². The van der Waals surface area contributed by atoms with Crippen molar-refractivity contribution in [1.29, 1.82) is 0 Å². The molecule has 8 heteroatoms. The van der Waals surface area contributed by atoms with Crippen LogP contribution in [0.3, 0.4) is 0 Å². The van der Waals surface area contributed by atoms with E-state index in [1.54, 1.807) is 0 Å². The zero-order valence-corrected chi connectivity index (χ0v) is 13.5. The van der Waals surface area contributed by atoms with Gasteiger partial charge in [0.15, 0.2) is 0 Å². The summed E-state index contributed by atoms with van der Waals surface area (Å²) in [6.07, 6.45) is 2.56. The Morgan fingerprint density at radius 1 is 1.15 bits per heavy atom. The first kappa shape index (κ1) is 21.7. The maximum Gasteiger partial charge on any atom is 0.239 e. The van der Waals surface area contributed by atoms with E-state index in [1.807, 2.05) is 0 Å². The predicted octanol–water partition coefficient (Wildman–Crippen LogP) is -0.247. The molecule has 0 saturated carbocycles. The van der Waals surface area contributed by atoms with Crippen molar-refractivity contribution in [2.45, 2.75) is 19.8 Å². The topological polar surface area (TPSA) is 87.5 Å². The third-order valence-corrected chi connectivity index (χ3v) is 3.05. The van der Waals surface area contributed by atoms with Gasteiger partial charge in [0.2, 0.25) is 11.8 Å². The fraction of sp³-hybridized carbons (Fsp3) is 0.833. The summed E-state index contributed by atoms with van der Waals surface area (Å²) in [5.41, 5.74) is 5.12. The molecule has 1 aliphatic rings. The smallest absolute Gasteiger partial charge is 0.239 e. The molecule has 0 aromatic rings. The molecule has 1 rings (SSSR count). The second kappa shape index (κ2) is 12.2. The molecule has 4 N–H and O–H groups in total. The number of nitrogens with zero attached hydrogens (tertiary/aromatic N) is 1. The standard InChI is InChI=1S/C12H24N4O2.2ClH/c1-10(9-16-4-2-3-5-16)7-14-12(18)8-15-11(17)6-13;;/h10H,2-9,13H2,1H3,(H,14,18)(H,15,17);2*1H. The summed E-state index contributed by atoms with van der Waals surface area (Å²) < 4.78 is 0. The normalized spacial score (nSPS) is 15.7. The Morgan fingerprint density at radius 2 is 1.75 bits per heavy atom. The summed E-state index contributed by atoms with van der Waals surface area (Å²) in [5.74, 6) is -0.0439. The monoisotopic (exact) mass is 328 g/mol. The van der Waals surface area contributed by atoms with E-state index in [0.717, 1.165) is 6.54 Å². The maximum atomic E-state index is 11.4. The van der Waals surface area contributed by atoms with Crippen molar-refractivity contribution in [2.75, 3.05) is 39.3 Å². The third-order valence-electron chi connectivity index (χ3n) is 3.05. The van der Waals surface area contributed by atoms with Crippen molar-refractivity contribution in [3.05, 3.63) is 0 Å². The molecule has 0 aromatic carbocycles. The molecule has 6 nitrogen and oxygen atoms in total. The van der Waals surface area contributed by atoms with Crippen LogP contribution in [-0.4, -0.2) is 56.0 Å². The summed E-state index contributed by atoms with van der Waals surface area (Å²) in [7, 11) is 0. The highest BCUT2D eigenvalue weighted by atomic mass is 35.5. The van der Waals surface area contributed by atoms with Gasteiger partial charge >= 0.3 is 0 Å². The third kappa shape index (κ3) is 9.36. The van der Waals surface area contributed by atoms with Gasteiger partial charge in [-0.3, -0.25) is 9.59 Å². The average Bonchev–Trinajstić information content (AvgIpc) is 2.86. The van der Waals surface area contributed by atoms with E-state index in [2.05, 4.69) is 22.5 Å². The molecule has 0 spiro atoms. The second-order valence-corrected chi connectivity index (χ2v) is 4.90. The Morgan fingerprint density at radius 3 is 2.30 bits per heavy atom. The number of halogens is 2. The summed E-state index contributed by atoms with van der Waals surface area (Å²) in [6, 6.07) is 0. The van der Waals surface area contributed by atoms with Gasteiger partial charge in [0.1, 0.15) is 0 Å². The van der Waals surface area contributed by atoms with Gasteiger partial charge in [-0.25, -0.2) is 0 Å². The number of hydrogen-bond acceptors (Lipinski definition) is 4. The minimum atomic E-state index is -0.310. The quantitative estimate of drug-likeness (QED) is 0.601. The van der Waals surface area contributed by atoms with Gasteiger partial charge < -0.3 is 21.3 Å². The van der Waals surface area contributed by atoms with Crippen molar-refractivity contribution >= 4 is 36.6 Å². The Kier molecular flexibility index (Phi) is 13.3. The molecular formula is C12H26Cl2N4O2. The summed E-state index contributed by atoms with van der Waals surface area (Å²) >= 11 is 0. The van der Waals surface area contributed by atoms with Gasteiger partial charge in [-0.2, -0.15) is 0 Å². The van der Waals surface area contributed by atoms with Crippen molar-refractivity contribution < 1.29 is 9.59 Å². The van der Waals surface area contributed by atoms with Gasteiger partial charge in [-0.15, -0.1) is 24.8 Å². The fourth-order valence-corrected chi connectivity index (χ4v) is 2.07. The van der Waals surface area contributed by atoms with Crippen LogP contribution < -0.4 is 16.4 Å². The molecule has 2 amide bonds. The van der Waals surface area contributed by atoms with Gasteiger partial charge in [0.25, 0.3) is 0 Å². The first-order valence-electron chi connectivity index (χ1n) is 6.57. The molecule has 1 saturated heterocycles. The summed E-state index contributed by atoms with van der Waals surface area (Å²) in [5, 5.41) is 5.26. The van der Waals surface area contributed by atoms with E-state index < -0.39 is 0 Å². The van der Waals surface area contributed by atoms with E-state index >= 15 is 0 Å². The largest absolute Gasteiger partial charge is 0.354 e. The van der Waals surface area contributed by atoms with Crippen LogP contribution in [0.15, 0.2) is 0 Å². The molecule has 120 valence electrons. The number of nitrogens with two attached hydrogens (primary N) is 1. The minimum Gasteiger partial charge on any atom is -0.354 e. The lowest BCUT2D eigenvalue weighted by Crippen LogP contribution is -2.41. The van der Waals surface area contributed by atoms with Crippen LogP contribution in [0.1, 0.15) is 19.8 Å². The van der Waals surface area contributed by atoms with Gasteiger partial charge in [-0.05, 0) is 31.8 Å². The molecule has 1 atom stereocenters. The molecule has 0 aliphatic carbocycles. The Bertz CT molecular complexity index is 287. The predicted molar refractivity (Wildman–Crippen MR) is 84.4 cm³/mol. The summed E-state index contributed by atoms with van der Waals surface area (Å²) in [4.78, 5) is 24.7. The minimum absolute atomic E-state index is 0. The zero-order valence-electron chi connectivity index (χ0n) is 11.9. The van der Waals surface area contributed by atoms with Crippen LogP contribution >= 0.6 is 24.8 Å². The van der Waals surface area contributed by atoms with Crippen molar-refractivity contribution in [3.63, 3.8) is 0 Å². The Balaban J connectivity index is 0. The Labute approximate surface area is 133 Å². The lowest BCUT2D eigenvalue weighted by Gasteiger charge is -2.20. The fourth-order valence-electron chi connectivity index (χ4n) is 2.07. The van der Waals surface area contributed by atoms with Gasteiger partial charge in [0, 0.05) is 13.1 Å². The molecule has 20 heavy (non-hydrogen) atoms. The first-order chi connectivity index (χ1) is 8.61. The summed E-state index contributed by atoms with van der Waals surface area (Å²) in [6.45, 7) is 6.06. The molecular weight excluding hydrogens is 303 g/mol. The number of amides is 2. The molecule has 0 radical (unpaired) electrons. The van der Waals surface area contributed by atoms with Crippen molar-refractivity contribution in [1.82, 2.24) is 15.5 Å². The average molecular weight is 329 g/mol. The number of hydrogen-bond donors (Lipinski definition) is 3. The van der Waals surface area contributed by atoms with Gasteiger partial charge in [0.05, 0.1) is 13.1 Å². The van der Waals surface area contributed by atoms with E-state index in [4.69, 9.17) is 5.73 Å². The highest BCUT2D eigenvalue weighted by Crippen LogP contribution is 2.09. The van der Waals surface area contributed by atoms with Crippen LogP contribution in [0.4, 0.5) is 0 Å². The number of carbonyl (C=O) groups is 2. The molecule has 1 unspecified atom stereocenters. The van der Waals surface area contributed by atoms with Crippen LogP contribution in [0.5, 0.6) is 0 Å². The van der Waals surface area contributed by atoms with Crippen LogP contribution in [0.25, 0.3) is 0 Å². The number of rotatable bonds is 7. The Hall–Kier alpha value is -0.560. The molecule has 0 aromatic heterocycles. The van der Waals surface area contributed by atoms with E-state index in [1.165, 1.54) is 25.9 Å². The second-order valence-electron chi connectivity index (χ2n) is 4.90. The lowest BCUT2D eigenvalue weighted by molar-refractivity contribution is -0.125. The lowest BCUT2D eigenvalue weighted by atomic mass is 10.1. The number of likely N-dealkylation sites (tertiary alicyclic amines) is 1. The zero-order chi connectivity index (χ0) is 13.4. The van der Waals surface area contributed by atoms with Crippen molar-refractivity contribution in [2.24, 2.45) is 11.7 Å². The van der Waals surface area contributed by atoms with Crippen LogP contribution in [0.2, 0.25) is 0 Å². The van der Waals surface area contributed by atoms with Crippen LogP contribution in [-0.2, 0) is 9.59 Å². The highest BCUT2D eigenvalue weighted by molar-refractivity contribution is 5.86. The maximum absolute atomic E-state index is 11.4. The number of carbonyl (C=O) groups excluding carboxylic acids is 2. The highest BCUT2D eigenvalue weighted by Gasteiger charge is 2.15. The molecule has 1 heterocycles. The van der Waals surface area contributed by atoms with E-state index in [9.17, 15) is 9.59 Å². The van der Waals surface area contributed by atoms with Gasteiger partial charge in [-0.1, -0.05) is 6.92 Å². The molecule has 1 fully saturated rings. The SMILES string of the molecule is CC(CNC(=O)CNC(=O)CN)CN1CCCC1.Cl.Cl. The molecule has 1 aliphatic heterocycles. The number of nitrogens with one attached hydrogen (secondary N) is 2. The first-order valence-corrected chi connectivity index (χ1v) is 6.57.